The van der Waals surface area contributed by atoms with Gasteiger partial charge in [-0.05, 0) is 43.9 Å². The second-order valence-corrected chi connectivity index (χ2v) is 7.15. The van der Waals surface area contributed by atoms with Crippen molar-refractivity contribution in [2.24, 2.45) is 0 Å². The SMILES string of the molecule is C/C=C/C=C/C[C@H](CCc1cc2ccccc2n1C(=O)OC)OCc1ccccc1. The van der Waals surface area contributed by atoms with Crippen LogP contribution in [0.2, 0.25) is 0 Å². The van der Waals surface area contributed by atoms with E-state index in [1.54, 1.807) is 4.57 Å². The maximum absolute atomic E-state index is 12.4. The van der Waals surface area contributed by atoms with E-state index in [2.05, 4.69) is 24.3 Å². The van der Waals surface area contributed by atoms with Crippen molar-refractivity contribution in [3.05, 3.63) is 96.2 Å². The Morgan fingerprint density at radius 1 is 1.07 bits per heavy atom. The van der Waals surface area contributed by atoms with Crippen molar-refractivity contribution in [1.29, 1.82) is 0 Å². The Morgan fingerprint density at radius 2 is 1.83 bits per heavy atom. The maximum Gasteiger partial charge on any atom is 0.418 e. The van der Waals surface area contributed by atoms with E-state index >= 15 is 0 Å². The molecule has 4 heteroatoms. The Kier molecular flexibility index (Phi) is 8.04. The molecule has 2 aromatic carbocycles. The molecule has 3 rings (SSSR count). The maximum atomic E-state index is 12.4. The van der Waals surface area contributed by atoms with Gasteiger partial charge in [0.15, 0.2) is 0 Å². The average molecular weight is 404 g/mol. The number of allylic oxidation sites excluding steroid dienone is 3. The van der Waals surface area contributed by atoms with Gasteiger partial charge >= 0.3 is 6.09 Å². The zero-order valence-electron chi connectivity index (χ0n) is 17.7. The number of nitrogens with zero attached hydrogens (tertiary/aromatic N) is 1. The molecule has 0 aliphatic carbocycles. The van der Waals surface area contributed by atoms with Crippen molar-refractivity contribution in [3.63, 3.8) is 0 Å². The normalized spacial score (nSPS) is 12.7. The van der Waals surface area contributed by atoms with Crippen LogP contribution in [0.4, 0.5) is 4.79 Å². The van der Waals surface area contributed by atoms with Crippen LogP contribution in [0.5, 0.6) is 0 Å². The van der Waals surface area contributed by atoms with Gasteiger partial charge in [0.25, 0.3) is 0 Å². The van der Waals surface area contributed by atoms with Gasteiger partial charge in [0, 0.05) is 11.1 Å². The third kappa shape index (κ3) is 5.71. The first-order valence-corrected chi connectivity index (χ1v) is 10.3. The van der Waals surface area contributed by atoms with Gasteiger partial charge in [0.1, 0.15) is 0 Å². The van der Waals surface area contributed by atoms with Crippen LogP contribution in [0.15, 0.2) is 85.0 Å². The van der Waals surface area contributed by atoms with Crippen LogP contribution in [0.25, 0.3) is 10.9 Å². The van der Waals surface area contributed by atoms with E-state index in [1.165, 1.54) is 7.11 Å². The minimum atomic E-state index is -0.360. The van der Waals surface area contributed by atoms with Gasteiger partial charge in [-0.25, -0.2) is 9.36 Å². The number of para-hydroxylation sites is 1. The Labute approximate surface area is 178 Å². The summed E-state index contributed by atoms with van der Waals surface area (Å²) < 4.78 is 12.9. The van der Waals surface area contributed by atoms with Crippen LogP contribution in [-0.2, 0) is 22.5 Å². The van der Waals surface area contributed by atoms with Crippen molar-refractivity contribution in [2.45, 2.75) is 38.9 Å². The predicted octanol–water partition coefficient (Wildman–Crippen LogP) is 6.30. The van der Waals surface area contributed by atoms with E-state index in [4.69, 9.17) is 9.47 Å². The van der Waals surface area contributed by atoms with Crippen molar-refractivity contribution in [1.82, 2.24) is 4.57 Å². The molecule has 0 aliphatic rings. The lowest BCUT2D eigenvalue weighted by Crippen LogP contribution is -2.17. The van der Waals surface area contributed by atoms with E-state index in [9.17, 15) is 4.79 Å². The summed E-state index contributed by atoms with van der Waals surface area (Å²) in [6, 6.07) is 20.1. The van der Waals surface area contributed by atoms with Gasteiger partial charge in [-0.15, -0.1) is 0 Å². The van der Waals surface area contributed by atoms with Crippen molar-refractivity contribution in [2.75, 3.05) is 7.11 Å². The summed E-state index contributed by atoms with van der Waals surface area (Å²) in [6.07, 6.45) is 10.2. The fourth-order valence-corrected chi connectivity index (χ4v) is 3.49. The van der Waals surface area contributed by atoms with E-state index in [0.717, 1.165) is 41.4 Å². The topological polar surface area (TPSA) is 40.5 Å². The summed E-state index contributed by atoms with van der Waals surface area (Å²) >= 11 is 0. The van der Waals surface area contributed by atoms with Gasteiger partial charge in [-0.1, -0.05) is 72.8 Å². The minimum absolute atomic E-state index is 0.0517. The lowest BCUT2D eigenvalue weighted by Gasteiger charge is -2.17. The Morgan fingerprint density at radius 3 is 2.60 bits per heavy atom. The molecule has 0 saturated carbocycles. The molecule has 1 atom stereocenters. The predicted molar refractivity (Wildman–Crippen MR) is 122 cm³/mol. The molecular formula is C26H29NO3. The summed E-state index contributed by atoms with van der Waals surface area (Å²) in [6.45, 7) is 2.57. The summed E-state index contributed by atoms with van der Waals surface area (Å²) in [5, 5.41) is 1.03. The quantitative estimate of drug-likeness (QED) is 0.394. The van der Waals surface area contributed by atoms with E-state index in [0.29, 0.717) is 6.61 Å². The van der Waals surface area contributed by atoms with Crippen LogP contribution in [-0.4, -0.2) is 23.9 Å². The highest BCUT2D eigenvalue weighted by atomic mass is 16.5. The highest BCUT2D eigenvalue weighted by Gasteiger charge is 2.17. The zero-order chi connectivity index (χ0) is 21.2. The molecule has 0 saturated heterocycles. The lowest BCUT2D eigenvalue weighted by atomic mass is 10.1. The van der Waals surface area contributed by atoms with Crippen LogP contribution >= 0.6 is 0 Å². The zero-order valence-corrected chi connectivity index (χ0v) is 17.7. The second-order valence-electron chi connectivity index (χ2n) is 7.15. The number of methoxy groups -OCH3 is 1. The van der Waals surface area contributed by atoms with E-state index in [-0.39, 0.29) is 12.2 Å². The third-order valence-electron chi connectivity index (χ3n) is 5.03. The van der Waals surface area contributed by atoms with Crippen molar-refractivity contribution >= 4 is 17.0 Å². The van der Waals surface area contributed by atoms with Gasteiger partial charge < -0.3 is 9.47 Å². The molecule has 1 aromatic heterocycles. The number of fused-ring (bicyclic) bond motifs is 1. The molecular weight excluding hydrogens is 374 g/mol. The van der Waals surface area contributed by atoms with Gasteiger partial charge in [-0.3, -0.25) is 0 Å². The largest absolute Gasteiger partial charge is 0.452 e. The molecule has 156 valence electrons. The molecule has 0 amide bonds. The molecule has 4 nitrogen and oxygen atoms in total. The molecule has 0 aliphatic heterocycles. The monoisotopic (exact) mass is 403 g/mol. The highest BCUT2D eigenvalue weighted by Crippen LogP contribution is 2.23. The number of carbonyl (C=O) groups excluding carboxylic acids is 1. The van der Waals surface area contributed by atoms with Crippen molar-refractivity contribution < 1.29 is 14.3 Å². The molecule has 30 heavy (non-hydrogen) atoms. The van der Waals surface area contributed by atoms with E-state index in [1.807, 2.05) is 67.6 Å². The number of rotatable bonds is 9. The van der Waals surface area contributed by atoms with E-state index < -0.39 is 0 Å². The number of hydrogen-bond donors (Lipinski definition) is 0. The molecule has 0 fully saturated rings. The number of hydrogen-bond acceptors (Lipinski definition) is 3. The Balaban J connectivity index is 1.74. The lowest BCUT2D eigenvalue weighted by molar-refractivity contribution is 0.0370. The number of aryl methyl sites for hydroxylation is 1. The van der Waals surface area contributed by atoms with Gasteiger partial charge in [0.05, 0.1) is 25.3 Å². The molecule has 3 aromatic rings. The summed E-state index contributed by atoms with van der Waals surface area (Å²) in [5.74, 6) is 0. The van der Waals surface area contributed by atoms with Gasteiger partial charge in [-0.2, -0.15) is 0 Å². The first-order valence-electron chi connectivity index (χ1n) is 10.3. The Bertz CT molecular complexity index is 1000. The fraction of sp³-hybridized carbons (Fsp3) is 0.269. The molecule has 0 radical (unpaired) electrons. The van der Waals surface area contributed by atoms with Crippen molar-refractivity contribution in [3.8, 4) is 0 Å². The molecule has 0 bridgehead atoms. The average Bonchev–Trinajstić information content (AvgIpc) is 3.16. The van der Waals surface area contributed by atoms with Gasteiger partial charge in [0.2, 0.25) is 0 Å². The number of ether oxygens (including phenoxy) is 2. The smallest absolute Gasteiger partial charge is 0.418 e. The van der Waals surface area contributed by atoms with Crippen LogP contribution in [0.1, 0.15) is 31.0 Å². The third-order valence-corrected chi connectivity index (χ3v) is 5.03. The standard InChI is InChI=1S/C26H29NO3/c1-3-4-5-9-15-24(30-20-21-12-7-6-8-13-21)18-17-23-19-22-14-10-11-16-25(22)27(23)26(28)29-2/h3-14,16,19,24H,15,17-18,20H2,1-2H3/b4-3+,9-5+/t24-/m1/s1. The molecule has 0 N–H and O–H groups in total. The number of aromatic nitrogens is 1. The summed E-state index contributed by atoms with van der Waals surface area (Å²) in [7, 11) is 1.42. The number of carbonyl (C=O) groups is 1. The molecule has 0 spiro atoms. The Hall–Kier alpha value is -3.11. The first-order chi connectivity index (χ1) is 14.7. The fourth-order valence-electron chi connectivity index (χ4n) is 3.49. The van der Waals surface area contributed by atoms with Crippen LogP contribution in [0, 0.1) is 0 Å². The second kappa shape index (κ2) is 11.2. The van der Waals surface area contributed by atoms with Crippen LogP contribution in [0.3, 0.4) is 0 Å². The number of benzene rings is 2. The van der Waals surface area contributed by atoms with Crippen LogP contribution < -0.4 is 0 Å². The molecule has 0 unspecified atom stereocenters. The summed E-state index contributed by atoms with van der Waals surface area (Å²) in [5.41, 5.74) is 2.96. The highest BCUT2D eigenvalue weighted by molar-refractivity contribution is 5.90. The first kappa shape index (κ1) is 21.6. The molecule has 1 heterocycles. The minimum Gasteiger partial charge on any atom is -0.452 e. The summed E-state index contributed by atoms with van der Waals surface area (Å²) in [4.78, 5) is 12.4.